The van der Waals surface area contributed by atoms with Crippen LogP contribution in [-0.2, 0) is 31.1 Å². The lowest BCUT2D eigenvalue weighted by Gasteiger charge is -2.13. The van der Waals surface area contributed by atoms with Crippen LogP contribution in [0.25, 0.3) is 0 Å². The molecule has 2 heterocycles. The largest absolute Gasteiger partial charge is 0.355 e. The fraction of sp³-hybridized carbons (Fsp3) is 0.304. The number of hydrogen-bond donors (Lipinski definition) is 1. The fourth-order valence-corrected chi connectivity index (χ4v) is 4.20. The highest BCUT2D eigenvalue weighted by molar-refractivity contribution is 7.99. The minimum absolute atomic E-state index is 0.0927. The van der Waals surface area contributed by atoms with Crippen molar-refractivity contribution in [3.05, 3.63) is 86.6 Å². The quantitative estimate of drug-likeness (QED) is 0.394. The predicted octanol–water partition coefficient (Wildman–Crippen LogP) is 3.43. The molecule has 0 atom stereocenters. The lowest BCUT2D eigenvalue weighted by atomic mass is 10.0. The molecule has 0 unspecified atom stereocenters. The Morgan fingerprint density at radius 1 is 1.23 bits per heavy atom. The third-order valence-corrected chi connectivity index (χ3v) is 6.06. The standard InChI is InChI=1S/C23H25ClN4O2S/c1-3-20-19(14-16-7-6-8-17(24)13-16)22(30)28(2)23(27-20)31-15-21(29)26-12-10-18-9-4-5-11-25-18/h4-9,11,13H,3,10,12,14-15H2,1-2H3,(H,26,29). The second-order valence-electron chi connectivity index (χ2n) is 7.05. The lowest BCUT2D eigenvalue weighted by Crippen LogP contribution is -2.29. The maximum atomic E-state index is 13.0. The van der Waals surface area contributed by atoms with Crippen LogP contribution < -0.4 is 10.9 Å². The Hall–Kier alpha value is -2.64. The number of aromatic nitrogens is 3. The minimum Gasteiger partial charge on any atom is -0.355 e. The number of rotatable bonds is 9. The maximum Gasteiger partial charge on any atom is 0.257 e. The Morgan fingerprint density at radius 3 is 2.77 bits per heavy atom. The number of nitrogens with zero attached hydrogens (tertiary/aromatic N) is 3. The van der Waals surface area contributed by atoms with Crippen molar-refractivity contribution >= 4 is 29.3 Å². The second-order valence-corrected chi connectivity index (χ2v) is 8.43. The highest BCUT2D eigenvalue weighted by Gasteiger charge is 2.16. The molecule has 1 amide bonds. The van der Waals surface area contributed by atoms with Crippen LogP contribution in [0.4, 0.5) is 0 Å². The maximum absolute atomic E-state index is 13.0. The predicted molar refractivity (Wildman–Crippen MR) is 125 cm³/mol. The summed E-state index contributed by atoms with van der Waals surface area (Å²) < 4.78 is 1.52. The average Bonchev–Trinajstić information content (AvgIpc) is 2.77. The van der Waals surface area contributed by atoms with Crippen LogP contribution in [0.3, 0.4) is 0 Å². The van der Waals surface area contributed by atoms with E-state index in [4.69, 9.17) is 11.6 Å². The summed E-state index contributed by atoms with van der Waals surface area (Å²) in [6.45, 7) is 2.49. The number of aryl methyl sites for hydroxylation is 1. The van der Waals surface area contributed by atoms with Gasteiger partial charge >= 0.3 is 0 Å². The van der Waals surface area contributed by atoms with Gasteiger partial charge < -0.3 is 5.32 Å². The molecule has 162 valence electrons. The molecule has 0 fully saturated rings. The van der Waals surface area contributed by atoms with E-state index in [1.807, 2.05) is 49.4 Å². The first-order valence-corrected chi connectivity index (χ1v) is 11.5. The molecule has 1 aromatic carbocycles. The Kier molecular flexibility index (Phi) is 8.26. The highest BCUT2D eigenvalue weighted by atomic mass is 35.5. The third-order valence-electron chi connectivity index (χ3n) is 4.80. The van der Waals surface area contributed by atoms with Crippen LogP contribution in [0.2, 0.25) is 5.02 Å². The topological polar surface area (TPSA) is 76.9 Å². The first-order valence-electron chi connectivity index (χ1n) is 10.1. The number of carbonyl (C=O) groups excluding carboxylic acids is 1. The lowest BCUT2D eigenvalue weighted by molar-refractivity contribution is -0.118. The summed E-state index contributed by atoms with van der Waals surface area (Å²) >= 11 is 7.34. The van der Waals surface area contributed by atoms with Crippen molar-refractivity contribution in [2.75, 3.05) is 12.3 Å². The van der Waals surface area contributed by atoms with Gasteiger partial charge in [0.25, 0.3) is 5.56 Å². The molecule has 1 N–H and O–H groups in total. The molecule has 3 aromatic rings. The van der Waals surface area contributed by atoms with Gasteiger partial charge in [-0.1, -0.05) is 48.5 Å². The van der Waals surface area contributed by atoms with Crippen molar-refractivity contribution in [2.45, 2.75) is 31.3 Å². The molecule has 0 aliphatic rings. The minimum atomic E-state index is -0.101. The molecular formula is C23H25ClN4O2S. The van der Waals surface area contributed by atoms with Crippen molar-refractivity contribution in [3.63, 3.8) is 0 Å². The van der Waals surface area contributed by atoms with E-state index in [1.54, 1.807) is 13.2 Å². The third kappa shape index (κ3) is 6.42. The summed E-state index contributed by atoms with van der Waals surface area (Å²) in [5, 5.41) is 4.06. The SMILES string of the molecule is CCc1nc(SCC(=O)NCCc2ccccn2)n(C)c(=O)c1Cc1cccc(Cl)c1. The van der Waals surface area contributed by atoms with Crippen molar-refractivity contribution in [2.24, 2.45) is 7.05 Å². The van der Waals surface area contributed by atoms with E-state index in [9.17, 15) is 9.59 Å². The molecule has 0 saturated carbocycles. The first kappa shape index (κ1) is 23.0. The monoisotopic (exact) mass is 456 g/mol. The van der Waals surface area contributed by atoms with Gasteiger partial charge in [-0.15, -0.1) is 0 Å². The van der Waals surface area contributed by atoms with E-state index in [-0.39, 0.29) is 17.2 Å². The molecule has 8 heteroatoms. The Balaban J connectivity index is 1.64. The van der Waals surface area contributed by atoms with Gasteiger partial charge in [0.05, 0.1) is 11.4 Å². The molecule has 2 aromatic heterocycles. The number of amides is 1. The van der Waals surface area contributed by atoms with E-state index < -0.39 is 0 Å². The van der Waals surface area contributed by atoms with Crippen LogP contribution in [-0.4, -0.2) is 32.7 Å². The number of nitrogens with one attached hydrogen (secondary N) is 1. The zero-order valence-corrected chi connectivity index (χ0v) is 19.2. The van der Waals surface area contributed by atoms with Gasteiger partial charge in [0.1, 0.15) is 0 Å². The molecule has 3 rings (SSSR count). The first-order chi connectivity index (χ1) is 15.0. The van der Waals surface area contributed by atoms with Crippen LogP contribution in [0.5, 0.6) is 0 Å². The normalized spacial score (nSPS) is 10.8. The summed E-state index contributed by atoms with van der Waals surface area (Å²) in [6.07, 6.45) is 3.52. The van der Waals surface area contributed by atoms with Crippen molar-refractivity contribution in [1.82, 2.24) is 19.9 Å². The average molecular weight is 457 g/mol. The van der Waals surface area contributed by atoms with Crippen molar-refractivity contribution in [1.29, 1.82) is 0 Å². The fourth-order valence-electron chi connectivity index (χ4n) is 3.18. The molecule has 31 heavy (non-hydrogen) atoms. The van der Waals surface area contributed by atoms with Gasteiger partial charge in [-0.3, -0.25) is 19.1 Å². The summed E-state index contributed by atoms with van der Waals surface area (Å²) in [4.78, 5) is 34.1. The van der Waals surface area contributed by atoms with Gasteiger partial charge in [0.15, 0.2) is 5.16 Å². The van der Waals surface area contributed by atoms with E-state index >= 15 is 0 Å². The number of halogens is 1. The molecular weight excluding hydrogens is 432 g/mol. The number of carbonyl (C=O) groups is 1. The Morgan fingerprint density at radius 2 is 2.06 bits per heavy atom. The van der Waals surface area contributed by atoms with Crippen molar-refractivity contribution < 1.29 is 4.79 Å². The van der Waals surface area contributed by atoms with Crippen LogP contribution in [0.1, 0.15) is 29.4 Å². The van der Waals surface area contributed by atoms with Gasteiger partial charge in [-0.05, 0) is 36.2 Å². The molecule has 0 aliphatic carbocycles. The van der Waals surface area contributed by atoms with Gasteiger partial charge in [0, 0.05) is 48.9 Å². The van der Waals surface area contributed by atoms with E-state index in [0.717, 1.165) is 17.0 Å². The summed E-state index contributed by atoms with van der Waals surface area (Å²) in [7, 11) is 1.69. The molecule has 6 nitrogen and oxygen atoms in total. The molecule has 0 aliphatic heterocycles. The van der Waals surface area contributed by atoms with E-state index in [1.165, 1.54) is 16.3 Å². The van der Waals surface area contributed by atoms with Crippen LogP contribution >= 0.6 is 23.4 Å². The molecule has 0 saturated heterocycles. The van der Waals surface area contributed by atoms with E-state index in [0.29, 0.717) is 41.5 Å². The number of hydrogen-bond acceptors (Lipinski definition) is 5. The zero-order valence-electron chi connectivity index (χ0n) is 17.6. The number of benzene rings is 1. The van der Waals surface area contributed by atoms with Crippen LogP contribution in [0, 0.1) is 0 Å². The van der Waals surface area contributed by atoms with Gasteiger partial charge in [0.2, 0.25) is 5.91 Å². The number of pyridine rings is 1. The van der Waals surface area contributed by atoms with Gasteiger partial charge in [-0.2, -0.15) is 0 Å². The highest BCUT2D eigenvalue weighted by Crippen LogP contribution is 2.19. The number of thioether (sulfide) groups is 1. The summed E-state index contributed by atoms with van der Waals surface area (Å²) in [5.74, 6) is 0.0930. The molecule has 0 bridgehead atoms. The summed E-state index contributed by atoms with van der Waals surface area (Å²) in [5.41, 5.74) is 3.22. The Labute approximate surface area is 191 Å². The molecule has 0 radical (unpaired) electrons. The van der Waals surface area contributed by atoms with Crippen LogP contribution in [0.15, 0.2) is 58.6 Å². The van der Waals surface area contributed by atoms with Crippen molar-refractivity contribution in [3.8, 4) is 0 Å². The van der Waals surface area contributed by atoms with E-state index in [2.05, 4.69) is 15.3 Å². The molecule has 0 spiro atoms. The summed E-state index contributed by atoms with van der Waals surface area (Å²) in [6, 6.07) is 13.2. The smallest absolute Gasteiger partial charge is 0.257 e. The zero-order chi connectivity index (χ0) is 22.2. The Bertz CT molecular complexity index is 1100. The second kappa shape index (κ2) is 11.1. The van der Waals surface area contributed by atoms with Gasteiger partial charge in [-0.25, -0.2) is 4.98 Å².